The standard InChI is InChI=1S/C20H28F2N4O4/c1-11(2)9-26-17-16(18(27)24-20(26)29)13(8-14(23-17)12(3)4)19(28)25(6-7-30-5)10-15(21)22/h8,11-12,15H,6-7,9-10H2,1-5H3,(H,24,27,29). The fraction of sp³-hybridized carbons (Fsp3) is 0.600. The van der Waals surface area contributed by atoms with Crippen LogP contribution in [-0.2, 0) is 11.3 Å². The molecule has 0 bridgehead atoms. The van der Waals surface area contributed by atoms with E-state index in [0.29, 0.717) is 5.69 Å². The minimum absolute atomic E-state index is 0.0563. The first-order valence-electron chi connectivity index (χ1n) is 9.80. The number of methoxy groups -OCH3 is 1. The van der Waals surface area contributed by atoms with Crippen molar-refractivity contribution in [3.8, 4) is 0 Å². The van der Waals surface area contributed by atoms with Crippen LogP contribution in [0.3, 0.4) is 0 Å². The summed E-state index contributed by atoms with van der Waals surface area (Å²) in [4.78, 5) is 45.9. The summed E-state index contributed by atoms with van der Waals surface area (Å²) < 4.78 is 32.4. The van der Waals surface area contributed by atoms with Gasteiger partial charge in [-0.3, -0.25) is 19.1 Å². The van der Waals surface area contributed by atoms with Crippen molar-refractivity contribution in [1.29, 1.82) is 0 Å². The van der Waals surface area contributed by atoms with E-state index in [-0.39, 0.29) is 48.1 Å². The maximum absolute atomic E-state index is 13.2. The van der Waals surface area contributed by atoms with E-state index in [9.17, 15) is 23.2 Å². The number of fused-ring (bicyclic) bond motifs is 1. The van der Waals surface area contributed by atoms with Gasteiger partial charge in [-0.25, -0.2) is 18.6 Å². The molecule has 1 N–H and O–H groups in total. The smallest absolute Gasteiger partial charge is 0.330 e. The molecule has 0 aliphatic heterocycles. The third-order valence-corrected chi connectivity index (χ3v) is 4.55. The van der Waals surface area contributed by atoms with Crippen LogP contribution in [0, 0.1) is 5.92 Å². The summed E-state index contributed by atoms with van der Waals surface area (Å²) in [7, 11) is 1.40. The van der Waals surface area contributed by atoms with Gasteiger partial charge in [0.2, 0.25) is 0 Å². The lowest BCUT2D eigenvalue weighted by Crippen LogP contribution is -2.39. The van der Waals surface area contributed by atoms with Crippen molar-refractivity contribution >= 4 is 16.9 Å². The zero-order valence-electron chi connectivity index (χ0n) is 17.9. The molecule has 1 amide bonds. The second-order valence-electron chi connectivity index (χ2n) is 7.85. The van der Waals surface area contributed by atoms with Gasteiger partial charge in [0.25, 0.3) is 17.9 Å². The van der Waals surface area contributed by atoms with E-state index in [0.717, 1.165) is 4.90 Å². The molecule has 0 aromatic carbocycles. The van der Waals surface area contributed by atoms with Gasteiger partial charge in [0.05, 0.1) is 24.1 Å². The number of aromatic nitrogens is 3. The number of carbonyl (C=O) groups is 1. The largest absolute Gasteiger partial charge is 0.383 e. The molecule has 0 spiro atoms. The number of hydrogen-bond acceptors (Lipinski definition) is 5. The number of ether oxygens (including phenoxy) is 1. The van der Waals surface area contributed by atoms with Crippen molar-refractivity contribution in [2.45, 2.75) is 46.6 Å². The van der Waals surface area contributed by atoms with E-state index in [1.54, 1.807) is 0 Å². The predicted octanol–water partition coefficient (Wildman–Crippen LogP) is 2.22. The van der Waals surface area contributed by atoms with Crippen LogP contribution in [0.4, 0.5) is 8.78 Å². The van der Waals surface area contributed by atoms with Crippen LogP contribution in [0.1, 0.15) is 49.7 Å². The number of alkyl halides is 2. The number of rotatable bonds is 9. The summed E-state index contributed by atoms with van der Waals surface area (Å²) in [6, 6.07) is 1.44. The maximum atomic E-state index is 13.2. The monoisotopic (exact) mass is 426 g/mol. The number of H-pyrrole nitrogens is 1. The van der Waals surface area contributed by atoms with Crippen LogP contribution in [-0.4, -0.2) is 58.6 Å². The summed E-state index contributed by atoms with van der Waals surface area (Å²) in [5, 5.41) is -0.0821. The van der Waals surface area contributed by atoms with Gasteiger partial charge in [0.1, 0.15) is 0 Å². The van der Waals surface area contributed by atoms with Crippen molar-refractivity contribution in [2.75, 3.05) is 26.8 Å². The van der Waals surface area contributed by atoms with Crippen molar-refractivity contribution in [3.63, 3.8) is 0 Å². The molecule has 0 saturated heterocycles. The second kappa shape index (κ2) is 9.92. The van der Waals surface area contributed by atoms with Gasteiger partial charge in [-0.05, 0) is 17.9 Å². The number of nitrogens with one attached hydrogen (secondary N) is 1. The van der Waals surface area contributed by atoms with E-state index >= 15 is 0 Å². The molecule has 0 fully saturated rings. The SMILES string of the molecule is COCCN(CC(F)F)C(=O)c1cc(C(C)C)nc2c1c(=O)[nH]c(=O)n2CC(C)C. The van der Waals surface area contributed by atoms with Gasteiger partial charge in [-0.2, -0.15) is 0 Å². The summed E-state index contributed by atoms with van der Waals surface area (Å²) in [5.41, 5.74) is -0.895. The predicted molar refractivity (Wildman–Crippen MR) is 109 cm³/mol. The first-order chi connectivity index (χ1) is 14.1. The molecule has 8 nitrogen and oxygen atoms in total. The second-order valence-corrected chi connectivity index (χ2v) is 7.85. The summed E-state index contributed by atoms with van der Waals surface area (Å²) in [5.74, 6) is -0.787. The van der Waals surface area contributed by atoms with Crippen LogP contribution in [0.2, 0.25) is 0 Å². The van der Waals surface area contributed by atoms with Gasteiger partial charge in [0.15, 0.2) is 5.65 Å². The number of amides is 1. The van der Waals surface area contributed by atoms with E-state index in [4.69, 9.17) is 4.74 Å². The summed E-state index contributed by atoms with van der Waals surface area (Å²) >= 11 is 0. The molecule has 10 heteroatoms. The maximum Gasteiger partial charge on any atom is 0.330 e. The first kappa shape index (κ1) is 23.7. The number of pyridine rings is 1. The summed E-state index contributed by atoms with van der Waals surface area (Å²) in [6.07, 6.45) is -2.75. The van der Waals surface area contributed by atoms with E-state index < -0.39 is 30.1 Å². The molecule has 2 aromatic rings. The Morgan fingerprint density at radius 3 is 2.47 bits per heavy atom. The van der Waals surface area contributed by atoms with Crippen LogP contribution in [0.5, 0.6) is 0 Å². The molecule has 30 heavy (non-hydrogen) atoms. The average Bonchev–Trinajstić information content (AvgIpc) is 2.66. The molecule has 2 rings (SSSR count). The highest BCUT2D eigenvalue weighted by molar-refractivity contribution is 6.05. The number of halogens is 2. The molecule has 0 aliphatic rings. The Kier molecular flexibility index (Phi) is 7.83. The zero-order chi connectivity index (χ0) is 22.6. The van der Waals surface area contributed by atoms with Gasteiger partial charge < -0.3 is 9.64 Å². The normalized spacial score (nSPS) is 11.8. The van der Waals surface area contributed by atoms with Crippen LogP contribution in [0.25, 0.3) is 11.0 Å². The Labute approximate surface area is 172 Å². The fourth-order valence-electron chi connectivity index (χ4n) is 3.11. The van der Waals surface area contributed by atoms with Crippen molar-refractivity contribution in [3.05, 3.63) is 38.2 Å². The lowest BCUT2D eigenvalue weighted by atomic mass is 10.0. The highest BCUT2D eigenvalue weighted by Gasteiger charge is 2.26. The molecule has 2 aromatic heterocycles. The van der Waals surface area contributed by atoms with Crippen LogP contribution >= 0.6 is 0 Å². The highest BCUT2D eigenvalue weighted by atomic mass is 19.3. The molecular weight excluding hydrogens is 398 g/mol. The van der Waals surface area contributed by atoms with Crippen molar-refractivity contribution < 1.29 is 18.3 Å². The highest BCUT2D eigenvalue weighted by Crippen LogP contribution is 2.22. The Hall–Kier alpha value is -2.62. The molecule has 0 unspecified atom stereocenters. The van der Waals surface area contributed by atoms with Crippen molar-refractivity contribution in [2.24, 2.45) is 5.92 Å². The Morgan fingerprint density at radius 2 is 1.93 bits per heavy atom. The minimum Gasteiger partial charge on any atom is -0.383 e. The first-order valence-corrected chi connectivity index (χ1v) is 9.80. The topological polar surface area (TPSA) is 97.3 Å². The van der Waals surface area contributed by atoms with Crippen LogP contribution in [0.15, 0.2) is 15.7 Å². The van der Waals surface area contributed by atoms with Gasteiger partial charge in [-0.15, -0.1) is 0 Å². The van der Waals surface area contributed by atoms with Gasteiger partial charge in [0, 0.05) is 25.9 Å². The van der Waals surface area contributed by atoms with Gasteiger partial charge in [-0.1, -0.05) is 27.7 Å². The molecule has 2 heterocycles. The quantitative estimate of drug-likeness (QED) is 0.663. The third kappa shape index (κ3) is 5.29. The lowest BCUT2D eigenvalue weighted by Gasteiger charge is -2.23. The lowest BCUT2D eigenvalue weighted by molar-refractivity contribution is 0.0479. The number of nitrogens with zero attached hydrogens (tertiary/aromatic N) is 3. The zero-order valence-corrected chi connectivity index (χ0v) is 17.9. The molecule has 0 aliphatic carbocycles. The average molecular weight is 426 g/mol. The van der Waals surface area contributed by atoms with Crippen LogP contribution < -0.4 is 11.2 Å². The Bertz CT molecular complexity index is 1010. The molecule has 0 atom stereocenters. The van der Waals surface area contributed by atoms with Gasteiger partial charge >= 0.3 is 5.69 Å². The Balaban J connectivity index is 2.81. The summed E-state index contributed by atoms with van der Waals surface area (Å²) in [6.45, 7) is 6.97. The van der Waals surface area contributed by atoms with Crippen molar-refractivity contribution in [1.82, 2.24) is 19.4 Å². The fourth-order valence-corrected chi connectivity index (χ4v) is 3.11. The van der Waals surface area contributed by atoms with E-state index in [1.165, 1.54) is 17.7 Å². The molecule has 0 saturated carbocycles. The van der Waals surface area contributed by atoms with E-state index in [1.807, 2.05) is 27.7 Å². The third-order valence-electron chi connectivity index (χ3n) is 4.55. The molecular formula is C20H28F2N4O4. The Morgan fingerprint density at radius 1 is 1.27 bits per heavy atom. The number of aromatic amines is 1. The number of carbonyl (C=O) groups excluding carboxylic acids is 1. The number of hydrogen-bond donors (Lipinski definition) is 1. The molecule has 0 radical (unpaired) electrons. The molecule has 166 valence electrons. The van der Waals surface area contributed by atoms with E-state index in [2.05, 4.69) is 9.97 Å². The minimum atomic E-state index is -2.75.